The van der Waals surface area contributed by atoms with Gasteiger partial charge in [-0.15, -0.1) is 0 Å². The second-order valence-corrected chi connectivity index (χ2v) is 5.86. The molecule has 1 N–H and O–H groups in total. The highest BCUT2D eigenvalue weighted by molar-refractivity contribution is 6.02. The van der Waals surface area contributed by atoms with Gasteiger partial charge in [-0.1, -0.05) is 18.2 Å². The average Bonchev–Trinajstić information content (AvgIpc) is 3.20. The molecule has 1 amide bonds. The maximum absolute atomic E-state index is 12.6. The Labute approximate surface area is 154 Å². The van der Waals surface area contributed by atoms with Crippen LogP contribution >= 0.6 is 0 Å². The summed E-state index contributed by atoms with van der Waals surface area (Å²) in [5, 5.41) is 7.49. The molecule has 3 aromatic rings. The van der Waals surface area contributed by atoms with Gasteiger partial charge in [0.15, 0.2) is 11.8 Å². The molecule has 0 aliphatic rings. The second kappa shape index (κ2) is 7.86. The number of hydrogen-bond acceptors (Lipinski definition) is 6. The van der Waals surface area contributed by atoms with Crippen molar-refractivity contribution in [2.24, 2.45) is 0 Å². The van der Waals surface area contributed by atoms with E-state index in [-0.39, 0.29) is 17.8 Å². The lowest BCUT2D eigenvalue weighted by Crippen LogP contribution is -2.36. The molecule has 1 atom stereocenters. The number of ether oxygens (including phenoxy) is 1. The molecule has 0 aliphatic carbocycles. The Morgan fingerprint density at radius 3 is 2.63 bits per heavy atom. The molecule has 0 radical (unpaired) electrons. The summed E-state index contributed by atoms with van der Waals surface area (Å²) >= 11 is 0. The second-order valence-electron chi connectivity index (χ2n) is 5.86. The van der Waals surface area contributed by atoms with Crippen LogP contribution in [-0.4, -0.2) is 27.8 Å². The van der Waals surface area contributed by atoms with Crippen LogP contribution in [0.15, 0.2) is 51.9 Å². The highest BCUT2D eigenvalue weighted by atomic mass is 16.5. The molecule has 1 aromatic carbocycles. The van der Waals surface area contributed by atoms with Crippen LogP contribution in [0.5, 0.6) is 0 Å². The van der Waals surface area contributed by atoms with Crippen LogP contribution in [0, 0.1) is 0 Å². The minimum atomic E-state index is -1.03. The lowest BCUT2D eigenvalue weighted by Gasteiger charge is -2.14. The van der Waals surface area contributed by atoms with Crippen molar-refractivity contribution in [3.8, 4) is 0 Å². The van der Waals surface area contributed by atoms with Gasteiger partial charge in [0.1, 0.15) is 5.76 Å². The van der Waals surface area contributed by atoms with Gasteiger partial charge >= 0.3 is 5.97 Å². The third-order valence-electron chi connectivity index (χ3n) is 4.03. The van der Waals surface area contributed by atoms with Crippen molar-refractivity contribution >= 4 is 22.6 Å². The van der Waals surface area contributed by atoms with Crippen molar-refractivity contribution in [1.29, 1.82) is 0 Å². The lowest BCUT2D eigenvalue weighted by molar-refractivity contribution is -0.129. The number of carbonyl (C=O) groups is 2. The molecule has 140 valence electrons. The highest BCUT2D eigenvalue weighted by Gasteiger charge is 2.23. The number of nitrogens with one attached hydrogen (secondary N) is 1. The normalized spacial score (nSPS) is 11.9. The first-order chi connectivity index (χ1) is 13.0. The van der Waals surface area contributed by atoms with Gasteiger partial charge in [0.25, 0.3) is 11.5 Å². The molecule has 27 heavy (non-hydrogen) atoms. The quantitative estimate of drug-likeness (QED) is 0.665. The number of aromatic nitrogens is 2. The lowest BCUT2D eigenvalue weighted by atomic mass is 10.1. The topological polar surface area (TPSA) is 103 Å². The molecule has 0 unspecified atom stereocenters. The van der Waals surface area contributed by atoms with Gasteiger partial charge in [0.2, 0.25) is 0 Å². The molecule has 0 saturated heterocycles. The van der Waals surface area contributed by atoms with E-state index in [0.717, 1.165) is 0 Å². The van der Waals surface area contributed by atoms with E-state index in [1.165, 1.54) is 17.9 Å². The molecule has 8 heteroatoms. The summed E-state index contributed by atoms with van der Waals surface area (Å²) in [4.78, 5) is 37.1. The molecule has 3 rings (SSSR count). The van der Waals surface area contributed by atoms with Crippen LogP contribution in [0.4, 0.5) is 0 Å². The van der Waals surface area contributed by atoms with Crippen LogP contribution in [0.25, 0.3) is 10.8 Å². The predicted molar refractivity (Wildman–Crippen MR) is 97.1 cm³/mol. The highest BCUT2D eigenvalue weighted by Crippen LogP contribution is 2.15. The van der Waals surface area contributed by atoms with Gasteiger partial charge in [-0.25, -0.2) is 9.48 Å². The monoisotopic (exact) mass is 369 g/mol. The Kier molecular flexibility index (Phi) is 5.35. The van der Waals surface area contributed by atoms with E-state index in [2.05, 4.69) is 10.4 Å². The Balaban J connectivity index is 1.78. The van der Waals surface area contributed by atoms with Gasteiger partial charge in [-0.05, 0) is 32.0 Å². The predicted octanol–water partition coefficient (Wildman–Crippen LogP) is 1.87. The molecule has 0 bridgehead atoms. The van der Waals surface area contributed by atoms with Crippen molar-refractivity contribution in [3.63, 3.8) is 0 Å². The third kappa shape index (κ3) is 3.89. The van der Waals surface area contributed by atoms with E-state index in [0.29, 0.717) is 23.1 Å². The van der Waals surface area contributed by atoms with Gasteiger partial charge in [0, 0.05) is 11.9 Å². The summed E-state index contributed by atoms with van der Waals surface area (Å²) < 4.78 is 11.6. The van der Waals surface area contributed by atoms with Crippen molar-refractivity contribution in [3.05, 3.63) is 64.5 Å². The minimum absolute atomic E-state index is 0.00210. The Bertz CT molecular complexity index is 1020. The number of rotatable bonds is 6. The molecule has 2 heterocycles. The maximum Gasteiger partial charge on any atom is 0.360 e. The molecule has 2 aromatic heterocycles. The molecule has 0 spiro atoms. The van der Waals surface area contributed by atoms with E-state index < -0.39 is 18.0 Å². The summed E-state index contributed by atoms with van der Waals surface area (Å²) in [5.74, 6) is -0.647. The number of hydrogen-bond donors (Lipinski definition) is 1. The number of furan rings is 1. The largest absolute Gasteiger partial charge is 0.467 e. The standard InChI is InChI=1S/C19H19N3O5/c1-3-22-18(24)15-9-5-4-8-14(15)16(21-22)19(25)27-12(2)17(23)20-11-13-7-6-10-26-13/h4-10,12H,3,11H2,1-2H3,(H,20,23)/t12-/m1/s1. The zero-order chi connectivity index (χ0) is 19.4. The average molecular weight is 369 g/mol. The SMILES string of the molecule is CCn1nc(C(=O)O[C@H](C)C(=O)NCc2ccco2)c2ccccc2c1=O. The Hall–Kier alpha value is -3.42. The fourth-order valence-electron chi connectivity index (χ4n) is 2.60. The van der Waals surface area contributed by atoms with Gasteiger partial charge in [-0.2, -0.15) is 5.10 Å². The van der Waals surface area contributed by atoms with E-state index in [1.807, 2.05) is 0 Å². The van der Waals surface area contributed by atoms with Gasteiger partial charge in [-0.3, -0.25) is 9.59 Å². The summed E-state index contributed by atoms with van der Waals surface area (Å²) in [6, 6.07) is 10.1. The van der Waals surface area contributed by atoms with Crippen molar-refractivity contribution in [1.82, 2.24) is 15.1 Å². The molecule has 0 fully saturated rings. The van der Waals surface area contributed by atoms with Crippen molar-refractivity contribution < 1.29 is 18.7 Å². The number of carbonyl (C=O) groups excluding carboxylic acids is 2. The van der Waals surface area contributed by atoms with E-state index in [1.54, 1.807) is 43.3 Å². The van der Waals surface area contributed by atoms with Crippen LogP contribution in [-0.2, 0) is 22.6 Å². The molecule has 0 saturated carbocycles. The number of fused-ring (bicyclic) bond motifs is 1. The summed E-state index contributed by atoms with van der Waals surface area (Å²) in [6.45, 7) is 3.72. The zero-order valence-corrected chi connectivity index (χ0v) is 15.0. The Morgan fingerprint density at radius 1 is 1.22 bits per heavy atom. The van der Waals surface area contributed by atoms with E-state index >= 15 is 0 Å². The summed E-state index contributed by atoms with van der Waals surface area (Å²) in [6.07, 6.45) is 0.472. The maximum atomic E-state index is 12.6. The first kappa shape index (κ1) is 18.4. The van der Waals surface area contributed by atoms with E-state index in [9.17, 15) is 14.4 Å². The third-order valence-corrected chi connectivity index (χ3v) is 4.03. The molecular weight excluding hydrogens is 350 g/mol. The first-order valence-corrected chi connectivity index (χ1v) is 8.52. The Morgan fingerprint density at radius 2 is 1.96 bits per heavy atom. The number of amides is 1. The van der Waals surface area contributed by atoms with Crippen molar-refractivity contribution in [2.45, 2.75) is 33.0 Å². The van der Waals surface area contributed by atoms with Crippen LogP contribution in [0.1, 0.15) is 30.1 Å². The molecule has 0 aliphatic heterocycles. The first-order valence-electron chi connectivity index (χ1n) is 8.52. The fourth-order valence-corrected chi connectivity index (χ4v) is 2.60. The van der Waals surface area contributed by atoms with Gasteiger partial charge in [0.05, 0.1) is 18.2 Å². The molecule has 8 nitrogen and oxygen atoms in total. The van der Waals surface area contributed by atoms with Crippen LogP contribution < -0.4 is 10.9 Å². The van der Waals surface area contributed by atoms with Gasteiger partial charge < -0.3 is 14.5 Å². The summed E-state index contributed by atoms with van der Waals surface area (Å²) in [7, 11) is 0. The molecular formula is C19H19N3O5. The van der Waals surface area contributed by atoms with Crippen LogP contribution in [0.3, 0.4) is 0 Å². The van der Waals surface area contributed by atoms with Crippen LogP contribution in [0.2, 0.25) is 0 Å². The number of benzene rings is 1. The minimum Gasteiger partial charge on any atom is -0.467 e. The number of esters is 1. The van der Waals surface area contributed by atoms with E-state index in [4.69, 9.17) is 9.15 Å². The summed E-state index contributed by atoms with van der Waals surface area (Å²) in [5.41, 5.74) is -0.286. The smallest absolute Gasteiger partial charge is 0.360 e. The number of aryl methyl sites for hydroxylation is 1. The fraction of sp³-hybridized carbons (Fsp3) is 0.263. The zero-order valence-electron chi connectivity index (χ0n) is 15.0. The number of nitrogens with zero attached hydrogens (tertiary/aromatic N) is 2. The van der Waals surface area contributed by atoms with Crippen molar-refractivity contribution in [2.75, 3.05) is 0 Å².